The van der Waals surface area contributed by atoms with Gasteiger partial charge in [-0.05, 0) is 25.3 Å². The molecule has 2 aromatic heterocycles. The van der Waals surface area contributed by atoms with Crippen LogP contribution < -0.4 is 5.32 Å². The van der Waals surface area contributed by atoms with Gasteiger partial charge in [0.25, 0.3) is 5.91 Å². The van der Waals surface area contributed by atoms with E-state index in [-0.39, 0.29) is 11.9 Å². The topological polar surface area (TPSA) is 85.2 Å². The largest absolute Gasteiger partial charge is 0.377 e. The highest BCUT2D eigenvalue weighted by Crippen LogP contribution is 2.23. The van der Waals surface area contributed by atoms with Gasteiger partial charge >= 0.3 is 0 Å². The van der Waals surface area contributed by atoms with E-state index in [2.05, 4.69) is 27.3 Å². The van der Waals surface area contributed by atoms with Crippen LogP contribution in [-0.2, 0) is 18.4 Å². The van der Waals surface area contributed by atoms with Crippen LogP contribution in [0.1, 0.15) is 34.5 Å². The maximum Gasteiger partial charge on any atom is 0.272 e. The number of nitrogens with one attached hydrogen (secondary N) is 1. The maximum atomic E-state index is 12.9. The number of likely N-dealkylation sites (tertiary alicyclic amines) is 1. The van der Waals surface area contributed by atoms with Crippen molar-refractivity contribution in [1.29, 1.82) is 0 Å². The van der Waals surface area contributed by atoms with Gasteiger partial charge in [-0.2, -0.15) is 5.10 Å². The van der Waals surface area contributed by atoms with Gasteiger partial charge in [0, 0.05) is 45.0 Å². The summed E-state index contributed by atoms with van der Waals surface area (Å²) in [6, 6.07) is 2.05. The van der Waals surface area contributed by atoms with E-state index < -0.39 is 0 Å². The van der Waals surface area contributed by atoms with Crippen molar-refractivity contribution < 1.29 is 9.53 Å². The lowest BCUT2D eigenvalue weighted by atomic mass is 10.1. The van der Waals surface area contributed by atoms with E-state index in [1.165, 1.54) is 0 Å². The molecule has 1 saturated heterocycles. The number of hydrogen-bond acceptors (Lipinski definition) is 6. The standard InChI is InChI=1S/C18H26N6O2/c1-11-7-19-23(4)17(11)18(25)24-8-12(2)14(9-24)21-15-6-13(3)20-16(22-15)10-26-5/h6-7,12,14H,8-10H2,1-5H3,(H,20,21,22). The quantitative estimate of drug-likeness (QED) is 0.873. The fraction of sp³-hybridized carbons (Fsp3) is 0.556. The molecule has 1 aliphatic rings. The molecule has 0 spiro atoms. The molecule has 1 fully saturated rings. The van der Waals surface area contributed by atoms with Crippen LogP contribution in [0.25, 0.3) is 0 Å². The molecule has 8 nitrogen and oxygen atoms in total. The molecule has 140 valence electrons. The summed E-state index contributed by atoms with van der Waals surface area (Å²) in [5.41, 5.74) is 2.44. The molecule has 1 N–H and O–H groups in total. The van der Waals surface area contributed by atoms with Crippen molar-refractivity contribution in [2.75, 3.05) is 25.5 Å². The molecular weight excluding hydrogens is 332 g/mol. The average molecular weight is 358 g/mol. The Morgan fingerprint density at radius 2 is 2.12 bits per heavy atom. The summed E-state index contributed by atoms with van der Waals surface area (Å²) in [6.45, 7) is 7.71. The minimum absolute atomic E-state index is 0.0255. The molecule has 2 atom stereocenters. The molecule has 8 heteroatoms. The van der Waals surface area contributed by atoms with Crippen LogP contribution in [-0.4, -0.2) is 56.8 Å². The van der Waals surface area contributed by atoms with Gasteiger partial charge in [-0.25, -0.2) is 9.97 Å². The van der Waals surface area contributed by atoms with Gasteiger partial charge in [-0.3, -0.25) is 9.48 Å². The zero-order valence-electron chi connectivity index (χ0n) is 16.0. The number of carbonyl (C=O) groups excluding carboxylic acids is 1. The average Bonchev–Trinajstić information content (AvgIpc) is 3.09. The first kappa shape index (κ1) is 18.3. The van der Waals surface area contributed by atoms with Gasteiger partial charge in [0.1, 0.15) is 18.1 Å². The highest BCUT2D eigenvalue weighted by atomic mass is 16.5. The Balaban J connectivity index is 1.72. The minimum atomic E-state index is 0.0255. The maximum absolute atomic E-state index is 12.9. The number of ether oxygens (including phenoxy) is 1. The molecule has 0 aromatic carbocycles. The highest BCUT2D eigenvalue weighted by Gasteiger charge is 2.34. The monoisotopic (exact) mass is 358 g/mol. The van der Waals surface area contributed by atoms with E-state index in [9.17, 15) is 4.79 Å². The normalized spacial score (nSPS) is 19.8. The summed E-state index contributed by atoms with van der Waals surface area (Å²) in [7, 11) is 3.43. The fourth-order valence-corrected chi connectivity index (χ4v) is 3.41. The summed E-state index contributed by atoms with van der Waals surface area (Å²) in [5.74, 6) is 1.76. The van der Waals surface area contributed by atoms with Crippen molar-refractivity contribution in [2.24, 2.45) is 13.0 Å². The first-order valence-corrected chi connectivity index (χ1v) is 8.77. The van der Waals surface area contributed by atoms with Crippen molar-refractivity contribution in [3.05, 3.63) is 35.0 Å². The number of nitrogens with zero attached hydrogens (tertiary/aromatic N) is 5. The lowest BCUT2D eigenvalue weighted by Gasteiger charge is -2.19. The van der Waals surface area contributed by atoms with E-state index in [4.69, 9.17) is 4.74 Å². The van der Waals surface area contributed by atoms with Crippen LogP contribution >= 0.6 is 0 Å². The summed E-state index contributed by atoms with van der Waals surface area (Å²) in [5, 5.41) is 7.64. The fourth-order valence-electron chi connectivity index (χ4n) is 3.41. The number of carbonyl (C=O) groups is 1. The Morgan fingerprint density at radius 1 is 1.35 bits per heavy atom. The van der Waals surface area contributed by atoms with Crippen molar-refractivity contribution in [3.63, 3.8) is 0 Å². The lowest BCUT2D eigenvalue weighted by Crippen LogP contribution is -2.33. The Bertz CT molecular complexity index is 783. The smallest absolute Gasteiger partial charge is 0.272 e. The summed E-state index contributed by atoms with van der Waals surface area (Å²) in [6.07, 6.45) is 1.73. The van der Waals surface area contributed by atoms with Crippen LogP contribution in [0.3, 0.4) is 0 Å². The molecule has 1 aliphatic heterocycles. The van der Waals surface area contributed by atoms with Crippen molar-refractivity contribution in [1.82, 2.24) is 24.6 Å². The number of aromatic nitrogens is 4. The SMILES string of the molecule is COCc1nc(C)cc(NC2CN(C(=O)c3c(C)cnn3C)CC2C)n1. The molecule has 3 heterocycles. The van der Waals surface area contributed by atoms with E-state index >= 15 is 0 Å². The Labute approximate surface area is 153 Å². The predicted molar refractivity (Wildman–Crippen MR) is 97.9 cm³/mol. The number of anilines is 1. The van der Waals surface area contributed by atoms with Crippen LogP contribution in [0.15, 0.2) is 12.3 Å². The zero-order valence-corrected chi connectivity index (χ0v) is 16.0. The molecule has 0 aliphatic carbocycles. The summed E-state index contributed by atoms with van der Waals surface area (Å²) in [4.78, 5) is 23.6. The van der Waals surface area contributed by atoms with Crippen LogP contribution in [0.2, 0.25) is 0 Å². The molecule has 1 amide bonds. The Kier molecular flexibility index (Phi) is 5.22. The molecule has 0 radical (unpaired) electrons. The first-order valence-electron chi connectivity index (χ1n) is 8.77. The molecule has 2 unspecified atom stereocenters. The molecular formula is C18H26N6O2. The van der Waals surface area contributed by atoms with E-state index in [0.29, 0.717) is 37.1 Å². The van der Waals surface area contributed by atoms with E-state index in [0.717, 1.165) is 17.1 Å². The minimum Gasteiger partial charge on any atom is -0.377 e. The lowest BCUT2D eigenvalue weighted by molar-refractivity contribution is 0.0775. The zero-order chi connectivity index (χ0) is 18.8. The van der Waals surface area contributed by atoms with Gasteiger partial charge in [-0.1, -0.05) is 6.92 Å². The van der Waals surface area contributed by atoms with Gasteiger partial charge < -0.3 is 15.0 Å². The molecule has 0 bridgehead atoms. The highest BCUT2D eigenvalue weighted by molar-refractivity contribution is 5.94. The second-order valence-electron chi connectivity index (χ2n) is 6.98. The third-order valence-electron chi connectivity index (χ3n) is 4.73. The van der Waals surface area contributed by atoms with Gasteiger partial charge in [-0.15, -0.1) is 0 Å². The number of methoxy groups -OCH3 is 1. The van der Waals surface area contributed by atoms with Crippen molar-refractivity contribution >= 4 is 11.7 Å². The van der Waals surface area contributed by atoms with Crippen LogP contribution in [0.5, 0.6) is 0 Å². The predicted octanol–water partition coefficient (Wildman–Crippen LogP) is 1.55. The third-order valence-corrected chi connectivity index (χ3v) is 4.73. The summed E-state index contributed by atoms with van der Waals surface area (Å²) >= 11 is 0. The second kappa shape index (κ2) is 7.41. The van der Waals surface area contributed by atoms with E-state index in [1.807, 2.05) is 24.8 Å². The van der Waals surface area contributed by atoms with Crippen molar-refractivity contribution in [3.8, 4) is 0 Å². The molecule has 0 saturated carbocycles. The molecule has 3 rings (SSSR count). The molecule has 26 heavy (non-hydrogen) atoms. The third kappa shape index (κ3) is 3.70. The van der Waals surface area contributed by atoms with Gasteiger partial charge in [0.05, 0.1) is 6.20 Å². The van der Waals surface area contributed by atoms with E-state index in [1.54, 1.807) is 25.0 Å². The summed E-state index contributed by atoms with van der Waals surface area (Å²) < 4.78 is 6.77. The van der Waals surface area contributed by atoms with Crippen molar-refractivity contribution in [2.45, 2.75) is 33.4 Å². The van der Waals surface area contributed by atoms with Crippen LogP contribution in [0.4, 0.5) is 5.82 Å². The van der Waals surface area contributed by atoms with Gasteiger partial charge in [0.15, 0.2) is 5.82 Å². The second-order valence-corrected chi connectivity index (χ2v) is 6.98. The first-order chi connectivity index (χ1) is 12.4. The molecule has 2 aromatic rings. The van der Waals surface area contributed by atoms with Crippen LogP contribution in [0, 0.1) is 19.8 Å². The number of hydrogen-bond donors (Lipinski definition) is 1. The number of rotatable bonds is 5. The number of amides is 1. The Hall–Kier alpha value is -2.48. The number of aryl methyl sites for hydroxylation is 3. The van der Waals surface area contributed by atoms with Gasteiger partial charge in [0.2, 0.25) is 0 Å². The Morgan fingerprint density at radius 3 is 2.77 bits per heavy atom.